The Balaban J connectivity index is 1.99. The van der Waals surface area contributed by atoms with Gasteiger partial charge in [0.1, 0.15) is 17.7 Å². The number of benzene rings is 1. The van der Waals surface area contributed by atoms with E-state index in [0.29, 0.717) is 29.9 Å². The summed E-state index contributed by atoms with van der Waals surface area (Å²) in [4.78, 5) is 12.5. The molecule has 5 nitrogen and oxygen atoms in total. The Morgan fingerprint density at radius 2 is 1.93 bits per heavy atom. The Labute approximate surface area is 152 Å². The van der Waals surface area contributed by atoms with Crippen molar-refractivity contribution in [2.24, 2.45) is 0 Å². The number of likely N-dealkylation sites (N-methyl/N-ethyl adjacent to an activating group) is 1. The van der Waals surface area contributed by atoms with Gasteiger partial charge in [-0.2, -0.15) is 13.2 Å². The third-order valence-electron chi connectivity index (χ3n) is 4.00. The van der Waals surface area contributed by atoms with Crippen LogP contribution in [0.1, 0.15) is 24.1 Å². The maximum absolute atomic E-state index is 13.6. The normalized spacial score (nSPS) is 12.9. The van der Waals surface area contributed by atoms with Crippen molar-refractivity contribution in [1.82, 2.24) is 20.3 Å². The lowest BCUT2D eigenvalue weighted by Crippen LogP contribution is -2.27. The highest BCUT2D eigenvalue weighted by Gasteiger charge is 2.34. The molecule has 142 valence electrons. The van der Waals surface area contributed by atoms with Crippen LogP contribution < -0.4 is 10.6 Å². The van der Waals surface area contributed by atoms with Crippen LogP contribution in [0.5, 0.6) is 0 Å². The van der Waals surface area contributed by atoms with Crippen molar-refractivity contribution in [1.29, 1.82) is 0 Å². The Morgan fingerprint density at radius 3 is 2.67 bits per heavy atom. The lowest BCUT2D eigenvalue weighted by atomic mass is 10.0. The maximum Gasteiger partial charge on any atom is 0.419 e. The molecule has 1 unspecified atom stereocenters. The van der Waals surface area contributed by atoms with E-state index in [1.165, 1.54) is 12.4 Å². The Bertz CT molecular complexity index is 924. The van der Waals surface area contributed by atoms with Crippen LogP contribution in [0, 0.1) is 5.82 Å². The Kier molecular flexibility index (Phi) is 5.50. The summed E-state index contributed by atoms with van der Waals surface area (Å²) in [5.74, 6) is -0.913. The largest absolute Gasteiger partial charge is 0.419 e. The van der Waals surface area contributed by atoms with Gasteiger partial charge in [0, 0.05) is 12.7 Å². The summed E-state index contributed by atoms with van der Waals surface area (Å²) in [6.07, 6.45) is -1.84. The highest BCUT2D eigenvalue weighted by Crippen LogP contribution is 2.33. The van der Waals surface area contributed by atoms with E-state index in [4.69, 9.17) is 0 Å². The molecule has 0 saturated carbocycles. The summed E-state index contributed by atoms with van der Waals surface area (Å²) in [5, 5.41) is 6.19. The molecular formula is C18H17F4N5. The fourth-order valence-corrected chi connectivity index (χ4v) is 2.68. The van der Waals surface area contributed by atoms with Gasteiger partial charge < -0.3 is 10.6 Å². The molecule has 27 heavy (non-hydrogen) atoms. The Hall–Kier alpha value is -2.81. The third kappa shape index (κ3) is 4.30. The van der Waals surface area contributed by atoms with Crippen LogP contribution in [0.25, 0.3) is 11.0 Å². The summed E-state index contributed by atoms with van der Waals surface area (Å²) in [6, 6.07) is 5.89. The summed E-state index contributed by atoms with van der Waals surface area (Å²) in [6.45, 7) is 2.82. The van der Waals surface area contributed by atoms with Crippen molar-refractivity contribution < 1.29 is 17.6 Å². The second-order valence-corrected chi connectivity index (χ2v) is 5.84. The number of hydrogen-bond donors (Lipinski definition) is 2. The van der Waals surface area contributed by atoms with Crippen molar-refractivity contribution in [2.75, 3.05) is 18.4 Å². The molecule has 2 heterocycles. The summed E-state index contributed by atoms with van der Waals surface area (Å²) in [5.41, 5.74) is 0.0910. The van der Waals surface area contributed by atoms with Gasteiger partial charge in [0.25, 0.3) is 0 Å². The maximum atomic E-state index is 13.6. The van der Waals surface area contributed by atoms with Crippen molar-refractivity contribution in [3.63, 3.8) is 0 Å². The van der Waals surface area contributed by atoms with Gasteiger partial charge in [-0.3, -0.25) is 4.98 Å². The fraction of sp³-hybridized carbons (Fsp3) is 0.278. The fourth-order valence-electron chi connectivity index (χ4n) is 2.68. The highest BCUT2D eigenvalue weighted by atomic mass is 19.4. The standard InChI is InChI=1S/C18H17F4N5/c1-2-23-9-15(11-5-6-13(19)12(8-11)18(20,21)22)27-17-16-14(25-10-26-17)4-3-7-24-16/h3-8,10,15,23H,2,9H2,1H3,(H,25,26,27). The van der Waals surface area contributed by atoms with E-state index in [9.17, 15) is 17.6 Å². The highest BCUT2D eigenvalue weighted by molar-refractivity contribution is 5.84. The second-order valence-electron chi connectivity index (χ2n) is 5.84. The molecule has 0 fully saturated rings. The van der Waals surface area contributed by atoms with E-state index in [0.717, 1.165) is 12.1 Å². The molecule has 2 aromatic heterocycles. The van der Waals surface area contributed by atoms with E-state index in [1.807, 2.05) is 6.92 Å². The topological polar surface area (TPSA) is 62.7 Å². The molecule has 9 heteroatoms. The number of nitrogens with one attached hydrogen (secondary N) is 2. The van der Waals surface area contributed by atoms with Crippen molar-refractivity contribution in [3.8, 4) is 0 Å². The number of fused-ring (bicyclic) bond motifs is 1. The first-order valence-electron chi connectivity index (χ1n) is 8.29. The van der Waals surface area contributed by atoms with Crippen LogP contribution in [0.2, 0.25) is 0 Å². The van der Waals surface area contributed by atoms with Crippen LogP contribution in [-0.4, -0.2) is 28.0 Å². The first-order chi connectivity index (χ1) is 12.9. The minimum Gasteiger partial charge on any atom is -0.360 e. The van der Waals surface area contributed by atoms with E-state index >= 15 is 0 Å². The molecule has 0 bridgehead atoms. The van der Waals surface area contributed by atoms with E-state index in [-0.39, 0.29) is 5.56 Å². The summed E-state index contributed by atoms with van der Waals surface area (Å²) < 4.78 is 52.8. The number of alkyl halides is 3. The monoisotopic (exact) mass is 379 g/mol. The zero-order chi connectivity index (χ0) is 19.4. The summed E-state index contributed by atoms with van der Waals surface area (Å²) >= 11 is 0. The van der Waals surface area contributed by atoms with Gasteiger partial charge in [0.2, 0.25) is 0 Å². The first-order valence-corrected chi connectivity index (χ1v) is 8.29. The Morgan fingerprint density at radius 1 is 1.11 bits per heavy atom. The molecule has 0 aliphatic rings. The van der Waals surface area contributed by atoms with Crippen LogP contribution >= 0.6 is 0 Å². The van der Waals surface area contributed by atoms with Crippen LogP contribution in [0.4, 0.5) is 23.4 Å². The van der Waals surface area contributed by atoms with Crippen LogP contribution in [0.15, 0.2) is 42.9 Å². The zero-order valence-electron chi connectivity index (χ0n) is 14.4. The van der Waals surface area contributed by atoms with Crippen molar-refractivity contribution in [2.45, 2.75) is 19.1 Å². The first kappa shape index (κ1) is 19.0. The molecule has 0 amide bonds. The molecule has 1 atom stereocenters. The predicted octanol–water partition coefficient (Wildman–Crippen LogP) is 3.95. The molecule has 0 aliphatic heterocycles. The summed E-state index contributed by atoms with van der Waals surface area (Å²) in [7, 11) is 0. The van der Waals surface area contributed by atoms with Crippen LogP contribution in [-0.2, 0) is 6.18 Å². The van der Waals surface area contributed by atoms with Gasteiger partial charge in [0.15, 0.2) is 5.82 Å². The lowest BCUT2D eigenvalue weighted by Gasteiger charge is -2.22. The lowest BCUT2D eigenvalue weighted by molar-refractivity contribution is -0.140. The minimum absolute atomic E-state index is 0.285. The number of rotatable bonds is 6. The van der Waals surface area contributed by atoms with Gasteiger partial charge in [-0.15, -0.1) is 0 Å². The van der Waals surface area contributed by atoms with Gasteiger partial charge in [-0.05, 0) is 36.4 Å². The number of halogens is 4. The van der Waals surface area contributed by atoms with Gasteiger partial charge in [-0.25, -0.2) is 14.4 Å². The molecule has 0 radical (unpaired) electrons. The van der Waals surface area contributed by atoms with E-state index in [2.05, 4.69) is 25.6 Å². The molecule has 3 rings (SSSR count). The number of pyridine rings is 1. The SMILES string of the molecule is CCNCC(Nc1ncnc2cccnc12)c1ccc(F)c(C(F)(F)F)c1. The smallest absolute Gasteiger partial charge is 0.360 e. The van der Waals surface area contributed by atoms with Gasteiger partial charge >= 0.3 is 6.18 Å². The van der Waals surface area contributed by atoms with Gasteiger partial charge in [-0.1, -0.05) is 13.0 Å². The quantitative estimate of drug-likeness (QED) is 0.635. The van der Waals surface area contributed by atoms with Crippen molar-refractivity contribution in [3.05, 3.63) is 59.8 Å². The number of nitrogens with zero attached hydrogens (tertiary/aromatic N) is 3. The number of hydrogen-bond acceptors (Lipinski definition) is 5. The molecule has 1 aromatic carbocycles. The zero-order valence-corrected chi connectivity index (χ0v) is 14.4. The molecule has 2 N–H and O–H groups in total. The average Bonchev–Trinajstić information content (AvgIpc) is 2.65. The number of anilines is 1. The molecule has 0 aliphatic carbocycles. The predicted molar refractivity (Wildman–Crippen MR) is 93.6 cm³/mol. The van der Waals surface area contributed by atoms with E-state index in [1.54, 1.807) is 18.3 Å². The average molecular weight is 379 g/mol. The minimum atomic E-state index is -4.77. The molecule has 3 aromatic rings. The third-order valence-corrected chi connectivity index (χ3v) is 4.00. The molecule has 0 saturated heterocycles. The van der Waals surface area contributed by atoms with Gasteiger partial charge in [0.05, 0.1) is 17.1 Å². The van der Waals surface area contributed by atoms with Crippen LogP contribution in [0.3, 0.4) is 0 Å². The van der Waals surface area contributed by atoms with Crippen molar-refractivity contribution >= 4 is 16.9 Å². The molecular weight excluding hydrogens is 362 g/mol. The van der Waals surface area contributed by atoms with E-state index < -0.39 is 23.6 Å². The number of aromatic nitrogens is 3. The second kappa shape index (κ2) is 7.83. The molecule has 0 spiro atoms.